The molecule has 1 aromatic carbocycles. The Balaban J connectivity index is 1.65. The zero-order chi connectivity index (χ0) is 18.4. The molecule has 26 heavy (non-hydrogen) atoms. The first-order valence-corrected chi connectivity index (χ1v) is 8.91. The second-order valence-electron chi connectivity index (χ2n) is 6.30. The zero-order valence-corrected chi connectivity index (χ0v) is 15.4. The van der Waals surface area contributed by atoms with Gasteiger partial charge in [0, 0.05) is 31.2 Å². The van der Waals surface area contributed by atoms with Crippen LogP contribution < -0.4 is 15.4 Å². The number of halogens is 1. The number of thiocarbonyl (C=S) groups is 1. The van der Waals surface area contributed by atoms with Gasteiger partial charge in [0.25, 0.3) is 0 Å². The van der Waals surface area contributed by atoms with Gasteiger partial charge >= 0.3 is 0 Å². The van der Waals surface area contributed by atoms with Gasteiger partial charge in [0.05, 0.1) is 19.0 Å². The summed E-state index contributed by atoms with van der Waals surface area (Å²) in [7, 11) is 1.57. The van der Waals surface area contributed by atoms with Gasteiger partial charge in [-0.15, -0.1) is 0 Å². The molecule has 1 aromatic heterocycles. The molecule has 0 saturated carbocycles. The molecule has 1 fully saturated rings. The number of rotatable bonds is 5. The average Bonchev–Trinajstić information content (AvgIpc) is 2.68. The third kappa shape index (κ3) is 4.47. The third-order valence-corrected chi connectivity index (χ3v) is 4.94. The first-order valence-electron chi connectivity index (χ1n) is 8.50. The first kappa shape index (κ1) is 18.5. The van der Waals surface area contributed by atoms with Crippen LogP contribution in [0.4, 0.5) is 10.1 Å². The van der Waals surface area contributed by atoms with Crippen LogP contribution in [0.1, 0.15) is 18.4 Å². The smallest absolute Gasteiger partial charge is 0.213 e. The number of ether oxygens (including phenoxy) is 2. The summed E-state index contributed by atoms with van der Waals surface area (Å²) in [6.07, 6.45) is 3.38. The molecular weight excluding hydrogens is 353 g/mol. The van der Waals surface area contributed by atoms with Gasteiger partial charge in [0.15, 0.2) is 5.11 Å². The largest absolute Gasteiger partial charge is 0.481 e. The van der Waals surface area contributed by atoms with Crippen molar-refractivity contribution in [2.24, 2.45) is 0 Å². The maximum absolute atomic E-state index is 13.3. The maximum Gasteiger partial charge on any atom is 0.213 e. The Hall–Kier alpha value is -2.25. The van der Waals surface area contributed by atoms with Gasteiger partial charge in [-0.1, -0.05) is 12.1 Å². The molecule has 1 aliphatic heterocycles. The van der Waals surface area contributed by atoms with Crippen LogP contribution in [-0.2, 0) is 10.2 Å². The summed E-state index contributed by atoms with van der Waals surface area (Å²) < 4.78 is 23.9. The van der Waals surface area contributed by atoms with Gasteiger partial charge < -0.3 is 20.1 Å². The van der Waals surface area contributed by atoms with Crippen LogP contribution in [0.25, 0.3) is 0 Å². The predicted molar refractivity (Wildman–Crippen MR) is 103 cm³/mol. The van der Waals surface area contributed by atoms with E-state index in [2.05, 4.69) is 15.6 Å². The molecule has 2 heterocycles. The lowest BCUT2D eigenvalue weighted by molar-refractivity contribution is 0.0515. The van der Waals surface area contributed by atoms with E-state index in [-0.39, 0.29) is 11.2 Å². The van der Waals surface area contributed by atoms with E-state index in [0.29, 0.717) is 30.8 Å². The SMILES string of the molecule is COc1ccc(NC(=S)NCC2(c3ccc(F)cc3)CCOCC2)cn1. The lowest BCUT2D eigenvalue weighted by Gasteiger charge is -2.38. The Morgan fingerprint density at radius 2 is 1.96 bits per heavy atom. The summed E-state index contributed by atoms with van der Waals surface area (Å²) in [5.74, 6) is 0.319. The number of hydrogen-bond acceptors (Lipinski definition) is 4. The van der Waals surface area contributed by atoms with Crippen LogP contribution in [-0.4, -0.2) is 37.0 Å². The molecule has 0 unspecified atom stereocenters. The molecule has 0 bridgehead atoms. The molecule has 138 valence electrons. The molecule has 0 spiro atoms. The van der Waals surface area contributed by atoms with E-state index < -0.39 is 0 Å². The summed E-state index contributed by atoms with van der Waals surface area (Å²) in [6.45, 7) is 2.01. The van der Waals surface area contributed by atoms with Crippen LogP contribution in [0.3, 0.4) is 0 Å². The molecular formula is C19H22FN3O2S. The number of nitrogens with zero attached hydrogens (tertiary/aromatic N) is 1. The van der Waals surface area contributed by atoms with E-state index in [4.69, 9.17) is 21.7 Å². The Morgan fingerprint density at radius 1 is 1.23 bits per heavy atom. The molecule has 0 atom stereocenters. The van der Waals surface area contributed by atoms with Crippen molar-refractivity contribution in [1.82, 2.24) is 10.3 Å². The molecule has 1 saturated heterocycles. The highest BCUT2D eigenvalue weighted by atomic mass is 32.1. The quantitative estimate of drug-likeness (QED) is 0.783. The summed E-state index contributed by atoms with van der Waals surface area (Å²) in [6, 6.07) is 10.3. The van der Waals surface area contributed by atoms with Crippen molar-refractivity contribution >= 4 is 23.0 Å². The number of pyridine rings is 1. The second kappa shape index (κ2) is 8.42. The fraction of sp³-hybridized carbons (Fsp3) is 0.368. The highest BCUT2D eigenvalue weighted by Crippen LogP contribution is 2.34. The molecule has 2 aromatic rings. The minimum Gasteiger partial charge on any atom is -0.481 e. The fourth-order valence-corrected chi connectivity index (χ4v) is 3.32. The highest BCUT2D eigenvalue weighted by Gasteiger charge is 2.34. The van der Waals surface area contributed by atoms with Crippen LogP contribution in [0.15, 0.2) is 42.6 Å². The van der Waals surface area contributed by atoms with E-state index in [1.807, 2.05) is 18.2 Å². The van der Waals surface area contributed by atoms with Gasteiger partial charge in [-0.05, 0) is 48.8 Å². The minimum atomic E-state index is -0.229. The highest BCUT2D eigenvalue weighted by molar-refractivity contribution is 7.80. The van der Waals surface area contributed by atoms with Gasteiger partial charge in [-0.3, -0.25) is 0 Å². The van der Waals surface area contributed by atoms with Crippen LogP contribution >= 0.6 is 12.2 Å². The predicted octanol–water partition coefficient (Wildman–Crippen LogP) is 3.26. The van der Waals surface area contributed by atoms with Crippen LogP contribution in [0, 0.1) is 5.82 Å². The van der Waals surface area contributed by atoms with Crippen molar-refractivity contribution in [3.05, 3.63) is 54.0 Å². The lowest BCUT2D eigenvalue weighted by Crippen LogP contribution is -2.45. The fourth-order valence-electron chi connectivity index (χ4n) is 3.13. The van der Waals surface area contributed by atoms with Crippen molar-refractivity contribution in [2.75, 3.05) is 32.2 Å². The van der Waals surface area contributed by atoms with Gasteiger partial charge in [-0.2, -0.15) is 0 Å². The number of hydrogen-bond donors (Lipinski definition) is 2. The van der Waals surface area contributed by atoms with Gasteiger partial charge in [-0.25, -0.2) is 9.37 Å². The standard InChI is InChI=1S/C19H22FN3O2S/c1-24-17-7-6-16(12-21-17)23-18(26)22-13-19(8-10-25-11-9-19)14-2-4-15(20)5-3-14/h2-7,12H,8-11,13H2,1H3,(H2,22,23,26). The van der Waals surface area contributed by atoms with Gasteiger partial charge in [0.1, 0.15) is 5.82 Å². The van der Waals surface area contributed by atoms with Crippen LogP contribution in [0.2, 0.25) is 0 Å². The minimum absolute atomic E-state index is 0.129. The Labute approximate surface area is 157 Å². The maximum atomic E-state index is 13.3. The molecule has 3 rings (SSSR count). The van der Waals surface area contributed by atoms with Crippen molar-refractivity contribution in [2.45, 2.75) is 18.3 Å². The van der Waals surface area contributed by atoms with E-state index in [1.165, 1.54) is 12.1 Å². The van der Waals surface area contributed by atoms with Crippen molar-refractivity contribution in [1.29, 1.82) is 0 Å². The van der Waals surface area contributed by atoms with E-state index in [0.717, 1.165) is 24.1 Å². The average molecular weight is 375 g/mol. The number of benzene rings is 1. The molecule has 2 N–H and O–H groups in total. The summed E-state index contributed by atoms with van der Waals surface area (Å²) in [5.41, 5.74) is 1.75. The Kier molecular flexibility index (Phi) is 6.00. The number of anilines is 1. The topological polar surface area (TPSA) is 55.4 Å². The second-order valence-corrected chi connectivity index (χ2v) is 6.70. The molecule has 0 radical (unpaired) electrons. The Morgan fingerprint density at radius 3 is 2.58 bits per heavy atom. The number of nitrogens with one attached hydrogen (secondary N) is 2. The summed E-state index contributed by atoms with van der Waals surface area (Å²) >= 11 is 5.41. The lowest BCUT2D eigenvalue weighted by atomic mass is 9.74. The molecule has 7 heteroatoms. The van der Waals surface area contributed by atoms with E-state index in [1.54, 1.807) is 19.4 Å². The van der Waals surface area contributed by atoms with Crippen molar-refractivity contribution in [3.63, 3.8) is 0 Å². The Bertz CT molecular complexity index is 731. The monoisotopic (exact) mass is 375 g/mol. The normalized spacial score (nSPS) is 15.9. The van der Waals surface area contributed by atoms with E-state index >= 15 is 0 Å². The summed E-state index contributed by atoms with van der Waals surface area (Å²) in [4.78, 5) is 4.15. The van der Waals surface area contributed by atoms with Crippen LogP contribution in [0.5, 0.6) is 5.88 Å². The first-order chi connectivity index (χ1) is 12.6. The zero-order valence-electron chi connectivity index (χ0n) is 14.6. The van der Waals surface area contributed by atoms with E-state index in [9.17, 15) is 4.39 Å². The van der Waals surface area contributed by atoms with Gasteiger partial charge in [0.2, 0.25) is 5.88 Å². The van der Waals surface area contributed by atoms with Crippen molar-refractivity contribution < 1.29 is 13.9 Å². The third-order valence-electron chi connectivity index (χ3n) is 4.70. The molecule has 5 nitrogen and oxygen atoms in total. The number of methoxy groups -OCH3 is 1. The molecule has 0 amide bonds. The summed E-state index contributed by atoms with van der Waals surface area (Å²) in [5, 5.41) is 6.94. The number of aromatic nitrogens is 1. The van der Waals surface area contributed by atoms with Crippen molar-refractivity contribution in [3.8, 4) is 5.88 Å². The molecule has 1 aliphatic rings. The molecule has 0 aliphatic carbocycles.